The van der Waals surface area contributed by atoms with E-state index >= 15 is 0 Å². The fourth-order valence-electron chi connectivity index (χ4n) is 3.48. The molecule has 1 heterocycles. The molecule has 3 rings (SSSR count). The number of hydrogen-bond acceptors (Lipinski definition) is 9. The van der Waals surface area contributed by atoms with Crippen LogP contribution in [-0.4, -0.2) is 80.6 Å². The minimum atomic E-state index is -0.580. The van der Waals surface area contributed by atoms with Crippen LogP contribution in [0.4, 0.5) is 0 Å². The van der Waals surface area contributed by atoms with E-state index in [1.165, 1.54) is 19.1 Å². The molecular formula is C21H24N4O7. The number of nitrogens with zero attached hydrogens (tertiary/aromatic N) is 2. The zero-order valence-corrected chi connectivity index (χ0v) is 17.4. The maximum absolute atomic E-state index is 12.8. The first kappa shape index (κ1) is 23.1. The number of rotatable bonds is 8. The fourth-order valence-corrected chi connectivity index (χ4v) is 3.48. The number of amides is 1. The Kier molecular flexibility index (Phi) is 7.03. The molecule has 1 aromatic heterocycles. The summed E-state index contributed by atoms with van der Waals surface area (Å²) in [5.74, 6) is -0.959. The molecule has 32 heavy (non-hydrogen) atoms. The van der Waals surface area contributed by atoms with E-state index in [0.717, 1.165) is 0 Å². The molecule has 0 atom stereocenters. The Morgan fingerprint density at radius 1 is 1.12 bits per heavy atom. The van der Waals surface area contributed by atoms with Crippen LogP contribution in [0.5, 0.6) is 5.75 Å². The molecule has 3 aromatic rings. The van der Waals surface area contributed by atoms with Crippen molar-refractivity contribution < 1.29 is 25.2 Å². The van der Waals surface area contributed by atoms with Crippen LogP contribution in [0, 0.1) is 6.92 Å². The number of aromatic hydroxyl groups is 1. The number of carbonyl (C=O) groups excluding carboxylic acids is 1. The quantitative estimate of drug-likeness (QED) is 0.225. The summed E-state index contributed by atoms with van der Waals surface area (Å²) in [7, 11) is 0. The molecule has 0 bridgehead atoms. The summed E-state index contributed by atoms with van der Waals surface area (Å²) in [5, 5.41) is 40.4. The van der Waals surface area contributed by atoms with Gasteiger partial charge in [-0.15, -0.1) is 0 Å². The first-order chi connectivity index (χ1) is 15.3. The SMILES string of the molecule is Cc1c(O)c(=CO)c2nc3c(=O)ccc(C(=O)NCCN(CCO)CCO)c3[nH]c2c1=O. The molecule has 0 spiro atoms. The normalized spacial score (nSPS) is 12.2. The summed E-state index contributed by atoms with van der Waals surface area (Å²) in [5.41, 5.74) is -1.26. The average molecular weight is 444 g/mol. The van der Waals surface area contributed by atoms with Gasteiger partial charge < -0.3 is 30.7 Å². The van der Waals surface area contributed by atoms with E-state index < -0.39 is 22.5 Å². The van der Waals surface area contributed by atoms with Gasteiger partial charge in [0.2, 0.25) is 10.9 Å². The highest BCUT2D eigenvalue weighted by Crippen LogP contribution is 2.17. The second kappa shape index (κ2) is 9.73. The molecule has 0 fully saturated rings. The average Bonchev–Trinajstić information content (AvgIpc) is 2.78. The molecule has 11 nitrogen and oxygen atoms in total. The van der Waals surface area contributed by atoms with Crippen LogP contribution < -0.4 is 21.4 Å². The molecule has 0 unspecified atom stereocenters. The second-order valence-corrected chi connectivity index (χ2v) is 7.19. The van der Waals surface area contributed by atoms with Gasteiger partial charge in [-0.3, -0.25) is 19.3 Å². The van der Waals surface area contributed by atoms with Crippen LogP contribution in [0.1, 0.15) is 15.9 Å². The number of fused-ring (bicyclic) bond motifs is 2. The lowest BCUT2D eigenvalue weighted by atomic mass is 10.1. The maximum atomic E-state index is 12.8. The van der Waals surface area contributed by atoms with Crippen molar-refractivity contribution in [3.05, 3.63) is 48.9 Å². The van der Waals surface area contributed by atoms with Gasteiger partial charge >= 0.3 is 0 Å². The van der Waals surface area contributed by atoms with Crippen molar-refractivity contribution in [2.45, 2.75) is 6.92 Å². The van der Waals surface area contributed by atoms with Gasteiger partial charge in [0.15, 0.2) is 0 Å². The van der Waals surface area contributed by atoms with Gasteiger partial charge in [-0.2, -0.15) is 0 Å². The molecule has 170 valence electrons. The molecule has 0 saturated heterocycles. The summed E-state index contributed by atoms with van der Waals surface area (Å²) >= 11 is 0. The topological polar surface area (TPSA) is 176 Å². The van der Waals surface area contributed by atoms with Crippen LogP contribution in [0.15, 0.2) is 21.7 Å². The number of hydrogen-bond donors (Lipinski definition) is 6. The van der Waals surface area contributed by atoms with E-state index in [4.69, 9.17) is 10.2 Å². The second-order valence-electron chi connectivity index (χ2n) is 7.19. The first-order valence-corrected chi connectivity index (χ1v) is 9.93. The predicted octanol–water partition coefficient (Wildman–Crippen LogP) is -1.52. The van der Waals surface area contributed by atoms with E-state index in [2.05, 4.69) is 15.3 Å². The van der Waals surface area contributed by atoms with E-state index in [9.17, 15) is 24.6 Å². The molecule has 0 aliphatic rings. The fraction of sp³-hybridized carbons (Fsp3) is 0.333. The van der Waals surface area contributed by atoms with Crippen molar-refractivity contribution in [1.82, 2.24) is 20.2 Å². The van der Waals surface area contributed by atoms with E-state index in [1.807, 2.05) is 0 Å². The maximum Gasteiger partial charge on any atom is 0.253 e. The van der Waals surface area contributed by atoms with E-state index in [0.29, 0.717) is 25.9 Å². The van der Waals surface area contributed by atoms with Crippen LogP contribution in [0.3, 0.4) is 0 Å². The Morgan fingerprint density at radius 2 is 1.81 bits per heavy atom. The molecule has 0 radical (unpaired) electrons. The molecule has 2 aromatic carbocycles. The molecule has 1 amide bonds. The van der Waals surface area contributed by atoms with Crippen LogP contribution >= 0.6 is 0 Å². The molecular weight excluding hydrogens is 420 g/mol. The largest absolute Gasteiger partial charge is 0.515 e. The number of aromatic nitrogens is 2. The molecule has 6 N–H and O–H groups in total. The number of aromatic amines is 1. The van der Waals surface area contributed by atoms with Gasteiger partial charge in [-0.05, 0) is 19.1 Å². The van der Waals surface area contributed by atoms with Crippen molar-refractivity contribution in [3.8, 4) is 5.75 Å². The molecule has 0 aliphatic carbocycles. The standard InChI is InChI=1S/C21H24N4O7/c1-11-19(30)13(10-28)16-18(20(11)31)24-15-12(2-3-14(29)17(15)23-16)21(32)22-4-5-25(6-8-26)7-9-27/h2-3,10,24,26-28,30H,4-9H2,1H3,(H,22,32). The predicted molar refractivity (Wildman–Crippen MR) is 118 cm³/mol. The summed E-state index contributed by atoms with van der Waals surface area (Å²) < 4.78 is 0. The third-order valence-corrected chi connectivity index (χ3v) is 5.20. The van der Waals surface area contributed by atoms with Gasteiger partial charge in [-0.1, -0.05) is 0 Å². The van der Waals surface area contributed by atoms with Crippen molar-refractivity contribution in [1.29, 1.82) is 0 Å². The zero-order valence-electron chi connectivity index (χ0n) is 17.4. The number of aliphatic hydroxyl groups excluding tert-OH is 3. The summed E-state index contributed by atoms with van der Waals surface area (Å²) in [6, 6.07) is 2.49. The monoisotopic (exact) mass is 444 g/mol. The minimum Gasteiger partial charge on any atom is -0.515 e. The van der Waals surface area contributed by atoms with Gasteiger partial charge in [0.1, 0.15) is 22.3 Å². The van der Waals surface area contributed by atoms with Gasteiger partial charge in [0, 0.05) is 31.7 Å². The van der Waals surface area contributed by atoms with Gasteiger partial charge in [0.25, 0.3) is 5.91 Å². The van der Waals surface area contributed by atoms with Crippen molar-refractivity contribution in [2.75, 3.05) is 39.4 Å². The van der Waals surface area contributed by atoms with Crippen LogP contribution in [0.25, 0.3) is 28.3 Å². The van der Waals surface area contributed by atoms with E-state index in [1.54, 1.807) is 4.90 Å². The molecule has 0 aliphatic heterocycles. The highest BCUT2D eigenvalue weighted by molar-refractivity contribution is 6.06. The highest BCUT2D eigenvalue weighted by atomic mass is 16.3. The highest BCUT2D eigenvalue weighted by Gasteiger charge is 2.18. The number of phenolic OH excluding ortho intramolecular Hbond substituents is 1. The number of phenols is 1. The first-order valence-electron chi connectivity index (χ1n) is 9.93. The van der Waals surface area contributed by atoms with Gasteiger partial charge in [-0.25, -0.2) is 4.98 Å². The summed E-state index contributed by atoms with van der Waals surface area (Å²) in [4.78, 5) is 46.6. The lowest BCUT2D eigenvalue weighted by Crippen LogP contribution is -2.38. The lowest BCUT2D eigenvalue weighted by Gasteiger charge is -2.20. The zero-order chi connectivity index (χ0) is 23.4. The third-order valence-electron chi connectivity index (χ3n) is 5.20. The van der Waals surface area contributed by atoms with Gasteiger partial charge in [0.05, 0.1) is 35.8 Å². The number of carbonyl (C=O) groups is 1. The summed E-state index contributed by atoms with van der Waals surface area (Å²) in [6.07, 6.45) is 0.600. The summed E-state index contributed by atoms with van der Waals surface area (Å²) in [6.45, 7) is 2.49. The Labute approximate surface area is 181 Å². The van der Waals surface area contributed by atoms with Crippen molar-refractivity contribution in [3.63, 3.8) is 0 Å². The van der Waals surface area contributed by atoms with Crippen LogP contribution in [-0.2, 0) is 0 Å². The Balaban J connectivity index is 2.05. The van der Waals surface area contributed by atoms with Crippen LogP contribution in [0.2, 0.25) is 0 Å². The minimum absolute atomic E-state index is 0.0210. The molecule has 11 heteroatoms. The molecule has 0 saturated carbocycles. The third kappa shape index (κ3) is 4.26. The Morgan fingerprint density at radius 3 is 2.44 bits per heavy atom. The Bertz CT molecular complexity index is 1330. The van der Waals surface area contributed by atoms with Crippen molar-refractivity contribution >= 4 is 34.2 Å². The Hall–Kier alpha value is -3.54. The van der Waals surface area contributed by atoms with Crippen molar-refractivity contribution in [2.24, 2.45) is 0 Å². The number of benzene rings is 2. The number of H-pyrrole nitrogens is 1. The number of nitrogens with one attached hydrogen (secondary N) is 2. The van der Waals surface area contributed by atoms with E-state index in [-0.39, 0.29) is 58.2 Å². The number of aliphatic hydroxyl groups is 3. The lowest BCUT2D eigenvalue weighted by molar-refractivity contribution is 0.0945. The smallest absolute Gasteiger partial charge is 0.253 e.